The lowest BCUT2D eigenvalue weighted by Crippen LogP contribution is -2.59. The molecule has 3 aliphatic rings. The molecule has 1 fully saturated rings. The Hall–Kier alpha value is -2.67. The summed E-state index contributed by atoms with van der Waals surface area (Å²) in [4.78, 5) is 32.4. The Kier molecular flexibility index (Phi) is 9.61. The number of aryl methyl sites for hydroxylation is 1. The van der Waals surface area contributed by atoms with E-state index in [2.05, 4.69) is 59.6 Å². The minimum absolute atomic E-state index is 0.0534. The van der Waals surface area contributed by atoms with Crippen LogP contribution in [0, 0.1) is 6.92 Å². The molecule has 3 aliphatic heterocycles. The molecule has 2 aromatic rings. The van der Waals surface area contributed by atoms with E-state index in [0.717, 1.165) is 16.7 Å². The van der Waals surface area contributed by atoms with Crippen molar-refractivity contribution in [2.24, 2.45) is 10.7 Å². The highest BCUT2D eigenvalue weighted by Crippen LogP contribution is 2.52. The van der Waals surface area contributed by atoms with Gasteiger partial charge in [-0.3, -0.25) is 18.9 Å². The quantitative estimate of drug-likeness (QED) is 0.263. The van der Waals surface area contributed by atoms with Gasteiger partial charge in [-0.05, 0) is 61.2 Å². The summed E-state index contributed by atoms with van der Waals surface area (Å²) in [6.45, 7) is 22.4. The molecular weight excluding hydrogens is 681 g/mol. The van der Waals surface area contributed by atoms with E-state index in [-0.39, 0.29) is 34.8 Å². The van der Waals surface area contributed by atoms with Gasteiger partial charge in [0.2, 0.25) is 0 Å². The Balaban J connectivity index is 1.62. The van der Waals surface area contributed by atoms with Gasteiger partial charge in [0, 0.05) is 30.4 Å². The van der Waals surface area contributed by atoms with Crippen LogP contribution in [0.3, 0.4) is 0 Å². The second-order valence-electron chi connectivity index (χ2n) is 16.5. The molecule has 3 unspecified atom stereocenters. The van der Waals surface area contributed by atoms with Gasteiger partial charge in [0.25, 0.3) is 15.7 Å². The Morgan fingerprint density at radius 2 is 1.65 bits per heavy atom. The predicted octanol–water partition coefficient (Wildman–Crippen LogP) is 5.42. The first-order valence-electron chi connectivity index (χ1n) is 16.8. The van der Waals surface area contributed by atoms with Crippen LogP contribution in [-0.4, -0.2) is 64.8 Å². The fourth-order valence-electron chi connectivity index (χ4n) is 6.02. The molecule has 4 heterocycles. The number of fused-ring (bicyclic) bond motifs is 1. The largest absolute Gasteiger partial charge is 0.414 e. The number of hydrogen-bond donors (Lipinski definition) is 1. The third kappa shape index (κ3) is 6.75. The summed E-state index contributed by atoms with van der Waals surface area (Å²) in [6, 6.07) is 7.80. The molecule has 270 valence electrons. The summed E-state index contributed by atoms with van der Waals surface area (Å²) < 4.78 is 55.0. The Bertz CT molecular complexity index is 1910. The number of nitrogens with zero attached hydrogens (tertiary/aromatic N) is 3. The molecule has 0 saturated carbocycles. The molecule has 0 amide bonds. The minimum Gasteiger partial charge on any atom is -0.414 e. The van der Waals surface area contributed by atoms with Gasteiger partial charge in [-0.25, -0.2) is 8.98 Å². The van der Waals surface area contributed by atoms with Crippen LogP contribution in [0.2, 0.25) is 36.3 Å². The number of nitrogens with two attached hydrogens (primary N) is 1. The van der Waals surface area contributed by atoms with Crippen molar-refractivity contribution in [1.82, 2.24) is 9.13 Å². The second kappa shape index (κ2) is 12.5. The van der Waals surface area contributed by atoms with E-state index in [1.165, 1.54) is 15.3 Å². The lowest BCUT2D eigenvalue weighted by Gasteiger charge is -2.43. The fraction of sp³-hybridized carbons (Fsp3) is 0.618. The number of rotatable bonds is 9. The van der Waals surface area contributed by atoms with E-state index in [0.29, 0.717) is 12.0 Å². The molecule has 2 N–H and O–H groups in total. The van der Waals surface area contributed by atoms with E-state index in [1.54, 1.807) is 6.92 Å². The van der Waals surface area contributed by atoms with Crippen LogP contribution in [0.25, 0.3) is 0 Å². The van der Waals surface area contributed by atoms with Crippen molar-refractivity contribution < 1.29 is 26.2 Å². The average molecular weight is 733 g/mol. The van der Waals surface area contributed by atoms with Crippen molar-refractivity contribution in [2.75, 3.05) is 6.61 Å². The van der Waals surface area contributed by atoms with E-state index in [9.17, 15) is 18.0 Å². The second-order valence-corrected chi connectivity index (χ2v) is 27.5. The SMILES string of the molecule is Cc1cn([C@@H]2OC(CO[Si](C)(C)C(C)(C)C)C3(OS(=O)(=O)C=C3N)[C@H]2O[Si](C)(C)C(C)(C)C)c(=O)n(CCC2C=Nc3ccccc32)c1=O. The van der Waals surface area contributed by atoms with E-state index < -0.39 is 62.0 Å². The van der Waals surface area contributed by atoms with Gasteiger partial charge in [0.05, 0.1) is 23.4 Å². The average Bonchev–Trinajstić information content (AvgIpc) is 3.59. The highest BCUT2D eigenvalue weighted by molar-refractivity contribution is 7.90. The molecule has 1 aromatic heterocycles. The smallest absolute Gasteiger partial charge is 0.333 e. The summed E-state index contributed by atoms with van der Waals surface area (Å²) in [5, 5.41) is 0.423. The van der Waals surface area contributed by atoms with Gasteiger partial charge in [0.1, 0.15) is 12.2 Å². The number of aromatic nitrogens is 2. The zero-order valence-corrected chi connectivity index (χ0v) is 33.4. The topological polar surface area (TPSA) is 153 Å². The van der Waals surface area contributed by atoms with E-state index in [4.69, 9.17) is 23.5 Å². The number of ether oxygens (including phenoxy) is 1. The van der Waals surface area contributed by atoms with Crippen LogP contribution in [0.5, 0.6) is 0 Å². The Morgan fingerprint density at radius 1 is 1.02 bits per heavy atom. The van der Waals surface area contributed by atoms with Gasteiger partial charge in [0.15, 0.2) is 28.5 Å². The molecule has 0 bridgehead atoms. The first-order chi connectivity index (χ1) is 22.4. The van der Waals surface area contributed by atoms with Gasteiger partial charge >= 0.3 is 5.69 Å². The van der Waals surface area contributed by atoms with Crippen LogP contribution < -0.4 is 17.0 Å². The maximum atomic E-state index is 14.4. The number of benzene rings is 1. The first-order valence-corrected chi connectivity index (χ1v) is 24.1. The summed E-state index contributed by atoms with van der Waals surface area (Å²) in [5.74, 6) is -0.0592. The normalized spacial score (nSPS) is 26.8. The molecule has 0 aliphatic carbocycles. The summed E-state index contributed by atoms with van der Waals surface area (Å²) in [6.07, 6.45) is 0.332. The lowest BCUT2D eigenvalue weighted by molar-refractivity contribution is -0.0567. The molecule has 1 saturated heterocycles. The fourth-order valence-corrected chi connectivity index (χ4v) is 9.53. The zero-order chi connectivity index (χ0) is 36.5. The van der Waals surface area contributed by atoms with Crippen molar-refractivity contribution in [2.45, 2.75) is 128 Å². The molecule has 1 aromatic carbocycles. The van der Waals surface area contributed by atoms with Gasteiger partial charge in [-0.15, -0.1) is 0 Å². The van der Waals surface area contributed by atoms with Crippen LogP contribution in [-0.2, 0) is 34.4 Å². The number of aliphatic imine (C=N–C) groups is 1. The van der Waals surface area contributed by atoms with Gasteiger partial charge in [-0.1, -0.05) is 59.7 Å². The lowest BCUT2D eigenvalue weighted by atomic mass is 9.89. The summed E-state index contributed by atoms with van der Waals surface area (Å²) >= 11 is 0. The molecule has 0 radical (unpaired) electrons. The molecule has 49 heavy (non-hydrogen) atoms. The zero-order valence-electron chi connectivity index (χ0n) is 30.6. The third-order valence-corrected chi connectivity index (χ3v) is 21.1. The van der Waals surface area contributed by atoms with Gasteiger partial charge < -0.3 is 19.3 Å². The molecule has 5 atom stereocenters. The van der Waals surface area contributed by atoms with Crippen molar-refractivity contribution in [3.8, 4) is 0 Å². The van der Waals surface area contributed by atoms with E-state index >= 15 is 0 Å². The van der Waals surface area contributed by atoms with Crippen molar-refractivity contribution in [1.29, 1.82) is 0 Å². The van der Waals surface area contributed by atoms with Crippen LogP contribution >= 0.6 is 0 Å². The van der Waals surface area contributed by atoms with E-state index in [1.807, 2.05) is 43.6 Å². The molecule has 1 spiro atoms. The first kappa shape index (κ1) is 37.6. The Labute approximate surface area is 291 Å². The maximum Gasteiger partial charge on any atom is 0.333 e. The molecule has 5 rings (SSSR count). The predicted molar refractivity (Wildman–Crippen MR) is 196 cm³/mol. The Morgan fingerprint density at radius 3 is 2.24 bits per heavy atom. The highest BCUT2D eigenvalue weighted by atomic mass is 32.2. The number of para-hydroxylation sites is 1. The number of hydrogen-bond acceptors (Lipinski definition) is 10. The van der Waals surface area contributed by atoms with Gasteiger partial charge in [-0.2, -0.15) is 8.42 Å². The standard InChI is InChI=1S/C34H52N4O8SSi2/c1-22-19-38(31(40)37(29(22)39)17-16-23-18-36-25-15-13-12-14-24(23)25)30-28(45-49(10,11)33(5,6)7)34(26(35)21-47(41,42)46-34)27(44-30)20-43-48(8,9)32(2,3)4/h12-15,18-19,21,23,27-28,30H,16-17,20,35H2,1-11H3/t23?,27?,28-,30+,34?/m0/s1. The molecule has 15 heteroatoms. The van der Waals surface area contributed by atoms with Crippen molar-refractivity contribution in [3.63, 3.8) is 0 Å². The summed E-state index contributed by atoms with van der Waals surface area (Å²) in [7, 11) is -9.35. The maximum absolute atomic E-state index is 14.4. The monoisotopic (exact) mass is 732 g/mol. The minimum atomic E-state index is -4.24. The summed E-state index contributed by atoms with van der Waals surface area (Å²) in [5.41, 5.74) is 5.91. The highest BCUT2D eigenvalue weighted by Gasteiger charge is 2.67. The van der Waals surface area contributed by atoms with Crippen molar-refractivity contribution >= 4 is 38.7 Å². The third-order valence-electron chi connectivity index (χ3n) is 11.1. The van der Waals surface area contributed by atoms with Crippen LogP contribution in [0.15, 0.2) is 56.1 Å². The van der Waals surface area contributed by atoms with Crippen LogP contribution in [0.4, 0.5) is 5.69 Å². The molecule has 12 nitrogen and oxygen atoms in total. The molecular formula is C34H52N4O8SSi2. The van der Waals surface area contributed by atoms with Crippen LogP contribution in [0.1, 0.15) is 71.2 Å². The van der Waals surface area contributed by atoms with Crippen molar-refractivity contribution in [3.05, 3.63) is 73.5 Å².